The first kappa shape index (κ1) is 17.0. The van der Waals surface area contributed by atoms with Gasteiger partial charge in [-0.3, -0.25) is 0 Å². The van der Waals surface area contributed by atoms with E-state index in [0.717, 1.165) is 6.42 Å². The smallest absolute Gasteiger partial charge is 0.242 e. The van der Waals surface area contributed by atoms with E-state index in [1.807, 2.05) is 26.0 Å². The number of hydrogen-bond donors (Lipinski definition) is 2. The maximum atomic E-state index is 12.3. The van der Waals surface area contributed by atoms with Crippen molar-refractivity contribution in [2.45, 2.75) is 58.0 Å². The van der Waals surface area contributed by atoms with Crippen LogP contribution < -0.4 is 10.0 Å². The summed E-state index contributed by atoms with van der Waals surface area (Å²) in [5.74, 6) is 0.476. The predicted molar refractivity (Wildman–Crippen MR) is 84.4 cm³/mol. The number of sulfonamides is 1. The minimum Gasteiger partial charge on any atom is -0.381 e. The Kier molecular flexibility index (Phi) is 6.02. The third-order valence-electron chi connectivity index (χ3n) is 3.45. The van der Waals surface area contributed by atoms with Crippen LogP contribution in [0.25, 0.3) is 0 Å². The fourth-order valence-corrected chi connectivity index (χ4v) is 3.36. The number of benzene rings is 1. The van der Waals surface area contributed by atoms with Gasteiger partial charge in [-0.15, -0.1) is 0 Å². The van der Waals surface area contributed by atoms with Gasteiger partial charge in [0.05, 0.1) is 5.69 Å². The SMILES string of the molecule is CCC(C)C(C)Nc1ccccc1S(=O)(=O)NC(C)C. The van der Waals surface area contributed by atoms with Crippen molar-refractivity contribution >= 4 is 15.7 Å². The molecule has 0 amide bonds. The van der Waals surface area contributed by atoms with E-state index in [0.29, 0.717) is 16.5 Å². The van der Waals surface area contributed by atoms with E-state index in [4.69, 9.17) is 0 Å². The molecule has 20 heavy (non-hydrogen) atoms. The van der Waals surface area contributed by atoms with E-state index in [1.165, 1.54) is 0 Å². The molecule has 0 saturated heterocycles. The molecule has 2 atom stereocenters. The van der Waals surface area contributed by atoms with Gasteiger partial charge in [-0.1, -0.05) is 32.4 Å². The summed E-state index contributed by atoms with van der Waals surface area (Å²) in [5, 5.41) is 3.32. The highest BCUT2D eigenvalue weighted by atomic mass is 32.2. The molecular weight excluding hydrogens is 272 g/mol. The molecule has 0 radical (unpaired) electrons. The molecule has 2 N–H and O–H groups in total. The Hall–Kier alpha value is -1.07. The van der Waals surface area contributed by atoms with Gasteiger partial charge < -0.3 is 5.32 Å². The fourth-order valence-electron chi connectivity index (χ4n) is 1.94. The molecule has 0 heterocycles. The molecular formula is C15H26N2O2S. The van der Waals surface area contributed by atoms with Gasteiger partial charge in [0.2, 0.25) is 10.0 Å². The Morgan fingerprint density at radius 1 is 1.10 bits per heavy atom. The second-order valence-electron chi connectivity index (χ2n) is 5.59. The van der Waals surface area contributed by atoms with Crippen LogP contribution in [0.2, 0.25) is 0 Å². The molecule has 0 aromatic heterocycles. The topological polar surface area (TPSA) is 58.2 Å². The van der Waals surface area contributed by atoms with E-state index in [-0.39, 0.29) is 12.1 Å². The van der Waals surface area contributed by atoms with Gasteiger partial charge in [0.25, 0.3) is 0 Å². The van der Waals surface area contributed by atoms with Crippen LogP contribution in [0.4, 0.5) is 5.69 Å². The third-order valence-corrected chi connectivity index (χ3v) is 5.16. The molecule has 0 aliphatic heterocycles. The highest BCUT2D eigenvalue weighted by molar-refractivity contribution is 7.89. The van der Waals surface area contributed by atoms with Crippen molar-refractivity contribution in [3.63, 3.8) is 0 Å². The highest BCUT2D eigenvalue weighted by Gasteiger charge is 2.20. The first-order valence-electron chi connectivity index (χ1n) is 7.15. The zero-order valence-corrected chi connectivity index (χ0v) is 13.8. The molecule has 0 aliphatic carbocycles. The summed E-state index contributed by atoms with van der Waals surface area (Å²) in [6, 6.07) is 7.13. The van der Waals surface area contributed by atoms with E-state index in [2.05, 4.69) is 30.8 Å². The molecule has 1 aromatic carbocycles. The van der Waals surface area contributed by atoms with Gasteiger partial charge in [-0.25, -0.2) is 13.1 Å². The van der Waals surface area contributed by atoms with Crippen LogP contribution in [0.1, 0.15) is 41.0 Å². The van der Waals surface area contributed by atoms with Crippen molar-refractivity contribution < 1.29 is 8.42 Å². The molecule has 4 nitrogen and oxygen atoms in total. The van der Waals surface area contributed by atoms with Crippen LogP contribution in [-0.2, 0) is 10.0 Å². The van der Waals surface area contributed by atoms with Gasteiger partial charge >= 0.3 is 0 Å². The van der Waals surface area contributed by atoms with E-state index in [9.17, 15) is 8.42 Å². The van der Waals surface area contributed by atoms with Crippen LogP contribution in [-0.4, -0.2) is 20.5 Å². The molecule has 114 valence electrons. The average Bonchev–Trinajstić information content (AvgIpc) is 2.36. The zero-order chi connectivity index (χ0) is 15.3. The molecule has 1 rings (SSSR count). The lowest BCUT2D eigenvalue weighted by Gasteiger charge is -2.23. The van der Waals surface area contributed by atoms with Crippen molar-refractivity contribution in [1.29, 1.82) is 0 Å². The molecule has 0 fully saturated rings. The largest absolute Gasteiger partial charge is 0.381 e. The fraction of sp³-hybridized carbons (Fsp3) is 0.600. The summed E-state index contributed by atoms with van der Waals surface area (Å²) in [6.07, 6.45) is 1.05. The Bertz CT molecular complexity index is 526. The standard InChI is InChI=1S/C15H26N2O2S/c1-6-12(4)13(5)16-14-9-7-8-10-15(14)20(18,19)17-11(2)3/h7-13,16-17H,6H2,1-5H3. The molecule has 0 aliphatic rings. The minimum atomic E-state index is -3.48. The molecule has 0 saturated carbocycles. The molecule has 5 heteroatoms. The van der Waals surface area contributed by atoms with Gasteiger partial charge in [0.15, 0.2) is 0 Å². The highest BCUT2D eigenvalue weighted by Crippen LogP contribution is 2.23. The van der Waals surface area contributed by atoms with Crippen molar-refractivity contribution in [2.24, 2.45) is 5.92 Å². The van der Waals surface area contributed by atoms with Crippen LogP contribution in [0, 0.1) is 5.92 Å². The number of rotatable bonds is 7. The van der Waals surface area contributed by atoms with Crippen molar-refractivity contribution in [3.8, 4) is 0 Å². The van der Waals surface area contributed by atoms with E-state index in [1.54, 1.807) is 12.1 Å². The molecule has 0 bridgehead atoms. The van der Waals surface area contributed by atoms with Gasteiger partial charge in [-0.05, 0) is 38.8 Å². The quantitative estimate of drug-likeness (QED) is 0.812. The monoisotopic (exact) mass is 298 g/mol. The summed E-state index contributed by atoms with van der Waals surface area (Å²) in [6.45, 7) is 9.99. The summed E-state index contributed by atoms with van der Waals surface area (Å²) in [5.41, 5.74) is 0.661. The summed E-state index contributed by atoms with van der Waals surface area (Å²) in [4.78, 5) is 0.309. The number of para-hydroxylation sites is 1. The normalized spacial score (nSPS) is 15.1. The number of anilines is 1. The number of nitrogens with one attached hydrogen (secondary N) is 2. The number of hydrogen-bond acceptors (Lipinski definition) is 3. The lowest BCUT2D eigenvalue weighted by atomic mass is 10.0. The maximum Gasteiger partial charge on any atom is 0.242 e. The molecule has 0 spiro atoms. The second-order valence-corrected chi connectivity index (χ2v) is 7.27. The minimum absolute atomic E-state index is 0.125. The maximum absolute atomic E-state index is 12.3. The van der Waals surface area contributed by atoms with Crippen LogP contribution >= 0.6 is 0 Å². The first-order valence-corrected chi connectivity index (χ1v) is 8.64. The van der Waals surface area contributed by atoms with Crippen LogP contribution in [0.5, 0.6) is 0 Å². The second kappa shape index (κ2) is 7.09. The van der Waals surface area contributed by atoms with Gasteiger partial charge in [-0.2, -0.15) is 0 Å². The van der Waals surface area contributed by atoms with Crippen molar-refractivity contribution in [2.75, 3.05) is 5.32 Å². The van der Waals surface area contributed by atoms with Gasteiger partial charge in [0, 0.05) is 12.1 Å². The van der Waals surface area contributed by atoms with Gasteiger partial charge in [0.1, 0.15) is 4.90 Å². The Morgan fingerprint density at radius 2 is 1.70 bits per heavy atom. The van der Waals surface area contributed by atoms with E-state index < -0.39 is 10.0 Å². The summed E-state index contributed by atoms with van der Waals surface area (Å²) in [7, 11) is -3.48. The Morgan fingerprint density at radius 3 is 2.25 bits per heavy atom. The Balaban J connectivity index is 3.05. The zero-order valence-electron chi connectivity index (χ0n) is 13.0. The average molecular weight is 298 g/mol. The lowest BCUT2D eigenvalue weighted by Crippen LogP contribution is -2.31. The molecule has 1 aromatic rings. The third kappa shape index (κ3) is 4.49. The Labute approximate surface area is 123 Å². The molecule has 2 unspecified atom stereocenters. The van der Waals surface area contributed by atoms with Crippen LogP contribution in [0.3, 0.4) is 0 Å². The van der Waals surface area contributed by atoms with Crippen LogP contribution in [0.15, 0.2) is 29.2 Å². The van der Waals surface area contributed by atoms with E-state index >= 15 is 0 Å². The lowest BCUT2D eigenvalue weighted by molar-refractivity contribution is 0.493. The summed E-state index contributed by atoms with van der Waals surface area (Å²) >= 11 is 0. The van der Waals surface area contributed by atoms with Crippen molar-refractivity contribution in [1.82, 2.24) is 4.72 Å². The predicted octanol–water partition coefficient (Wildman–Crippen LogP) is 3.22. The van der Waals surface area contributed by atoms with Crippen molar-refractivity contribution in [3.05, 3.63) is 24.3 Å². The summed E-state index contributed by atoms with van der Waals surface area (Å²) < 4.78 is 27.3. The first-order chi connectivity index (χ1) is 9.27.